The molecule has 9 aromatic rings. The number of fused-ring (bicyclic) bond motifs is 4. The molecule has 2 nitrogen and oxygen atoms in total. The van der Waals surface area contributed by atoms with Crippen molar-refractivity contribution in [2.45, 2.75) is 0 Å². The molecule has 0 aliphatic heterocycles. The number of benzene rings is 8. The van der Waals surface area contributed by atoms with E-state index in [1.165, 1.54) is 12.1 Å². The lowest BCUT2D eigenvalue weighted by atomic mass is 9.90. The molecule has 0 aliphatic rings. The Labute approximate surface area is 283 Å². The molecule has 8 aromatic carbocycles. The van der Waals surface area contributed by atoms with Gasteiger partial charge in [-0.05, 0) is 75.5 Å². The highest BCUT2D eigenvalue weighted by Crippen LogP contribution is 2.47. The Morgan fingerprint density at radius 1 is 0.408 bits per heavy atom. The van der Waals surface area contributed by atoms with Crippen molar-refractivity contribution in [2.24, 2.45) is 0 Å². The number of anilines is 3. The maximum atomic E-state index is 14.0. The van der Waals surface area contributed by atoms with E-state index < -0.39 is 0 Å². The SMILES string of the molecule is Fc1ccc(-c2cccc3cccc(-c4ccccc4N(c4ccc5c(c4)oc4ccccc45)c4ccccc4-c4ccccc4)c23)cc1. The van der Waals surface area contributed by atoms with Crippen LogP contribution in [0.25, 0.3) is 66.1 Å². The predicted octanol–water partition coefficient (Wildman–Crippen LogP) is 13.3. The number of para-hydroxylation sites is 3. The molecule has 0 fully saturated rings. The molecule has 0 atom stereocenters. The summed E-state index contributed by atoms with van der Waals surface area (Å²) in [5.74, 6) is -0.247. The third kappa shape index (κ3) is 5.04. The van der Waals surface area contributed by atoms with Crippen molar-refractivity contribution < 1.29 is 8.81 Å². The zero-order valence-electron chi connectivity index (χ0n) is 26.6. The van der Waals surface area contributed by atoms with Gasteiger partial charge in [0.05, 0.1) is 11.4 Å². The molecule has 3 heteroatoms. The molecule has 49 heavy (non-hydrogen) atoms. The van der Waals surface area contributed by atoms with Crippen LogP contribution in [-0.2, 0) is 0 Å². The molecule has 0 unspecified atom stereocenters. The maximum absolute atomic E-state index is 14.0. The largest absolute Gasteiger partial charge is 0.456 e. The first-order chi connectivity index (χ1) is 24.2. The van der Waals surface area contributed by atoms with Gasteiger partial charge in [0.2, 0.25) is 0 Å². The van der Waals surface area contributed by atoms with Crippen LogP contribution in [0.15, 0.2) is 186 Å². The Balaban J connectivity index is 1.33. The van der Waals surface area contributed by atoms with E-state index in [1.54, 1.807) is 0 Å². The average molecular weight is 632 g/mol. The smallest absolute Gasteiger partial charge is 0.137 e. The van der Waals surface area contributed by atoms with Gasteiger partial charge in [-0.3, -0.25) is 0 Å². The lowest BCUT2D eigenvalue weighted by Crippen LogP contribution is -2.12. The van der Waals surface area contributed by atoms with Gasteiger partial charge in [-0.15, -0.1) is 0 Å². The van der Waals surface area contributed by atoms with Crippen LogP contribution >= 0.6 is 0 Å². The number of hydrogen-bond donors (Lipinski definition) is 0. The lowest BCUT2D eigenvalue weighted by Gasteiger charge is -2.30. The minimum Gasteiger partial charge on any atom is -0.456 e. The van der Waals surface area contributed by atoms with Gasteiger partial charge in [0, 0.05) is 33.7 Å². The quantitative estimate of drug-likeness (QED) is 0.182. The van der Waals surface area contributed by atoms with Crippen molar-refractivity contribution in [1.29, 1.82) is 0 Å². The summed E-state index contributed by atoms with van der Waals surface area (Å²) in [6.07, 6.45) is 0. The second-order valence-electron chi connectivity index (χ2n) is 12.2. The van der Waals surface area contributed by atoms with Crippen molar-refractivity contribution in [2.75, 3.05) is 4.90 Å². The normalized spacial score (nSPS) is 11.4. The van der Waals surface area contributed by atoms with Gasteiger partial charge in [-0.25, -0.2) is 4.39 Å². The standard InChI is InChI=1S/C46H30FNO/c47-34-26-24-32(25-27-34)37-19-10-14-33-15-11-20-41(46(33)37)38-17-5-8-22-43(38)48(42-21-7-4-16-36(42)31-12-2-1-3-13-31)35-28-29-40-39-18-6-9-23-44(39)49-45(40)30-35/h1-30H. The summed E-state index contributed by atoms with van der Waals surface area (Å²) in [6, 6.07) is 62.0. The fraction of sp³-hybridized carbons (Fsp3) is 0. The zero-order chi connectivity index (χ0) is 32.7. The molecule has 0 saturated heterocycles. The average Bonchev–Trinajstić information content (AvgIpc) is 3.54. The minimum absolute atomic E-state index is 0.247. The molecule has 0 saturated carbocycles. The molecule has 0 bridgehead atoms. The molecule has 9 rings (SSSR count). The third-order valence-electron chi connectivity index (χ3n) is 9.35. The molecule has 232 valence electrons. The van der Waals surface area contributed by atoms with E-state index >= 15 is 0 Å². The highest BCUT2D eigenvalue weighted by atomic mass is 19.1. The number of nitrogens with zero attached hydrogens (tertiary/aromatic N) is 1. The highest BCUT2D eigenvalue weighted by molar-refractivity contribution is 6.10. The molecular weight excluding hydrogens is 602 g/mol. The first-order valence-electron chi connectivity index (χ1n) is 16.5. The van der Waals surface area contributed by atoms with E-state index in [0.29, 0.717) is 0 Å². The summed E-state index contributed by atoms with van der Waals surface area (Å²) < 4.78 is 20.4. The van der Waals surface area contributed by atoms with Crippen LogP contribution in [0.2, 0.25) is 0 Å². The molecular formula is C46H30FNO. The van der Waals surface area contributed by atoms with Crippen molar-refractivity contribution in [1.82, 2.24) is 0 Å². The third-order valence-corrected chi connectivity index (χ3v) is 9.35. The molecule has 1 heterocycles. The van der Waals surface area contributed by atoms with Crippen LogP contribution in [0, 0.1) is 5.82 Å². The van der Waals surface area contributed by atoms with Gasteiger partial charge < -0.3 is 9.32 Å². The molecule has 0 N–H and O–H groups in total. The molecule has 0 spiro atoms. The van der Waals surface area contributed by atoms with Crippen LogP contribution in [-0.4, -0.2) is 0 Å². The van der Waals surface area contributed by atoms with Crippen molar-refractivity contribution >= 4 is 49.8 Å². The Bertz CT molecular complexity index is 2620. The molecule has 0 aliphatic carbocycles. The molecule has 0 radical (unpaired) electrons. The Kier molecular flexibility index (Phi) is 7.02. The van der Waals surface area contributed by atoms with Crippen molar-refractivity contribution in [3.63, 3.8) is 0 Å². The number of rotatable bonds is 6. The summed E-state index contributed by atoms with van der Waals surface area (Å²) in [6.45, 7) is 0. The summed E-state index contributed by atoms with van der Waals surface area (Å²) in [5, 5.41) is 4.42. The number of hydrogen-bond acceptors (Lipinski definition) is 2. The summed E-state index contributed by atoms with van der Waals surface area (Å²) >= 11 is 0. The van der Waals surface area contributed by atoms with E-state index in [2.05, 4.69) is 138 Å². The van der Waals surface area contributed by atoms with Gasteiger partial charge in [-0.2, -0.15) is 0 Å². The number of furan rings is 1. The fourth-order valence-corrected chi connectivity index (χ4v) is 7.12. The summed E-state index contributed by atoms with van der Waals surface area (Å²) in [5.41, 5.74) is 11.2. The van der Waals surface area contributed by atoms with Crippen LogP contribution in [0.1, 0.15) is 0 Å². The topological polar surface area (TPSA) is 16.4 Å². The summed E-state index contributed by atoms with van der Waals surface area (Å²) in [4.78, 5) is 2.35. The zero-order valence-corrected chi connectivity index (χ0v) is 26.6. The molecule has 0 amide bonds. The van der Waals surface area contributed by atoms with E-state index in [9.17, 15) is 4.39 Å². The van der Waals surface area contributed by atoms with Gasteiger partial charge in [0.15, 0.2) is 0 Å². The Hall–Kier alpha value is -6.45. The highest BCUT2D eigenvalue weighted by Gasteiger charge is 2.22. The van der Waals surface area contributed by atoms with E-state index in [-0.39, 0.29) is 5.82 Å². The second-order valence-corrected chi connectivity index (χ2v) is 12.2. The second kappa shape index (κ2) is 12.0. The summed E-state index contributed by atoms with van der Waals surface area (Å²) in [7, 11) is 0. The van der Waals surface area contributed by atoms with E-state index in [4.69, 9.17) is 4.42 Å². The first kappa shape index (κ1) is 28.7. The number of halogens is 1. The van der Waals surface area contributed by atoms with E-state index in [1.807, 2.05) is 36.4 Å². The van der Waals surface area contributed by atoms with Crippen LogP contribution < -0.4 is 4.90 Å². The first-order valence-corrected chi connectivity index (χ1v) is 16.5. The Morgan fingerprint density at radius 2 is 1.00 bits per heavy atom. The Morgan fingerprint density at radius 3 is 1.80 bits per heavy atom. The van der Waals surface area contributed by atoms with Gasteiger partial charge in [0.25, 0.3) is 0 Å². The van der Waals surface area contributed by atoms with Gasteiger partial charge in [0.1, 0.15) is 17.0 Å². The monoisotopic (exact) mass is 631 g/mol. The minimum atomic E-state index is -0.247. The van der Waals surface area contributed by atoms with Crippen LogP contribution in [0.4, 0.5) is 21.5 Å². The van der Waals surface area contributed by atoms with Crippen molar-refractivity contribution in [3.05, 3.63) is 188 Å². The van der Waals surface area contributed by atoms with Crippen LogP contribution in [0.5, 0.6) is 0 Å². The van der Waals surface area contributed by atoms with Gasteiger partial charge >= 0.3 is 0 Å². The van der Waals surface area contributed by atoms with Crippen LogP contribution in [0.3, 0.4) is 0 Å². The van der Waals surface area contributed by atoms with E-state index in [0.717, 1.165) is 83.2 Å². The lowest BCUT2D eigenvalue weighted by molar-refractivity contribution is 0.628. The maximum Gasteiger partial charge on any atom is 0.137 e. The molecule has 1 aromatic heterocycles. The van der Waals surface area contributed by atoms with Crippen molar-refractivity contribution in [3.8, 4) is 33.4 Å². The fourth-order valence-electron chi connectivity index (χ4n) is 7.12. The predicted molar refractivity (Wildman–Crippen MR) is 202 cm³/mol. The van der Waals surface area contributed by atoms with Gasteiger partial charge in [-0.1, -0.05) is 133 Å².